The molecule has 0 spiro atoms. The van der Waals surface area contributed by atoms with Gasteiger partial charge in [0.1, 0.15) is 11.1 Å². The molecule has 0 fully saturated rings. The molecule has 0 atom stereocenters. The zero-order chi connectivity index (χ0) is 12.1. The van der Waals surface area contributed by atoms with Crippen molar-refractivity contribution < 1.29 is 0 Å². The molecule has 0 aliphatic heterocycles. The van der Waals surface area contributed by atoms with Crippen molar-refractivity contribution in [1.82, 2.24) is 0 Å². The Balaban J connectivity index is 2.94. The minimum absolute atomic E-state index is 0.0777. The molecule has 0 bridgehead atoms. The van der Waals surface area contributed by atoms with Crippen molar-refractivity contribution in [3.05, 3.63) is 28.2 Å². The Morgan fingerprint density at radius 2 is 2.19 bits per heavy atom. The summed E-state index contributed by atoms with van der Waals surface area (Å²) in [7, 11) is 0. The predicted molar refractivity (Wildman–Crippen MR) is 69.9 cm³/mol. The number of nitrogens with zero attached hydrogens (tertiary/aromatic N) is 2. The van der Waals surface area contributed by atoms with Gasteiger partial charge in [-0.1, -0.05) is 35.4 Å². The third-order valence-electron chi connectivity index (χ3n) is 1.56. The third-order valence-corrected chi connectivity index (χ3v) is 2.31. The van der Waals surface area contributed by atoms with Crippen LogP contribution in [0.4, 0.5) is 5.69 Å². The Labute approximate surface area is 108 Å². The Bertz CT molecular complexity index is 493. The lowest BCUT2D eigenvalue weighted by Crippen LogP contribution is -2.20. The molecule has 0 saturated heterocycles. The molecule has 1 rings (SSSR count). The van der Waals surface area contributed by atoms with Crippen molar-refractivity contribution in [3.8, 4) is 6.07 Å². The molecule has 0 radical (unpaired) electrons. The normalized spacial score (nSPS) is 10.7. The first kappa shape index (κ1) is 12.7. The number of halogens is 2. The van der Waals surface area contributed by atoms with Crippen LogP contribution < -0.4 is 11.2 Å². The predicted octanol–water partition coefficient (Wildman–Crippen LogP) is 2.57. The van der Waals surface area contributed by atoms with E-state index < -0.39 is 0 Å². The SMILES string of the molecule is N#C/C(=N/Nc1cc(Cl)ccc1Cl)C(N)=S. The zero-order valence-corrected chi connectivity index (χ0v) is 10.2. The molecule has 1 aromatic carbocycles. The quantitative estimate of drug-likeness (QED) is 0.504. The van der Waals surface area contributed by atoms with E-state index >= 15 is 0 Å². The van der Waals surface area contributed by atoms with Crippen LogP contribution in [-0.4, -0.2) is 10.7 Å². The lowest BCUT2D eigenvalue weighted by Gasteiger charge is -2.03. The van der Waals surface area contributed by atoms with E-state index in [0.717, 1.165) is 0 Å². The van der Waals surface area contributed by atoms with Gasteiger partial charge in [-0.2, -0.15) is 10.4 Å². The summed E-state index contributed by atoms with van der Waals surface area (Å²) in [4.78, 5) is -0.0897. The Hall–Kier alpha value is -1.35. The van der Waals surface area contributed by atoms with Gasteiger partial charge in [0.15, 0.2) is 5.71 Å². The number of nitrogens with two attached hydrogens (primary N) is 1. The van der Waals surface area contributed by atoms with Crippen molar-refractivity contribution in [1.29, 1.82) is 5.26 Å². The number of nitrogens with one attached hydrogen (secondary N) is 1. The van der Waals surface area contributed by atoms with Crippen molar-refractivity contribution in [2.24, 2.45) is 10.8 Å². The maximum absolute atomic E-state index is 8.65. The van der Waals surface area contributed by atoms with Crippen LogP contribution in [0, 0.1) is 11.3 Å². The van der Waals surface area contributed by atoms with Crippen LogP contribution in [0.2, 0.25) is 10.0 Å². The summed E-state index contributed by atoms with van der Waals surface area (Å²) in [5, 5.41) is 13.3. The highest BCUT2D eigenvalue weighted by atomic mass is 35.5. The highest BCUT2D eigenvalue weighted by molar-refractivity contribution is 7.82. The minimum Gasteiger partial charge on any atom is -0.387 e. The van der Waals surface area contributed by atoms with Gasteiger partial charge >= 0.3 is 0 Å². The van der Waals surface area contributed by atoms with Gasteiger partial charge in [0.25, 0.3) is 0 Å². The molecule has 0 heterocycles. The van der Waals surface area contributed by atoms with Crippen LogP contribution in [0.25, 0.3) is 0 Å². The number of benzene rings is 1. The van der Waals surface area contributed by atoms with Crippen LogP contribution in [0.3, 0.4) is 0 Å². The summed E-state index contributed by atoms with van der Waals surface area (Å²) in [5.41, 5.74) is 8.22. The molecule has 0 aliphatic carbocycles. The van der Waals surface area contributed by atoms with Crippen molar-refractivity contribution in [2.45, 2.75) is 0 Å². The molecule has 0 aliphatic rings. The number of hydrogen-bond donors (Lipinski definition) is 2. The fourth-order valence-electron chi connectivity index (χ4n) is 0.834. The van der Waals surface area contributed by atoms with E-state index in [1.54, 1.807) is 24.3 Å². The summed E-state index contributed by atoms with van der Waals surface area (Å²) in [5.74, 6) is 0. The Morgan fingerprint density at radius 1 is 1.50 bits per heavy atom. The van der Waals surface area contributed by atoms with Gasteiger partial charge in [-0.15, -0.1) is 0 Å². The van der Waals surface area contributed by atoms with Crippen molar-refractivity contribution >= 4 is 51.8 Å². The van der Waals surface area contributed by atoms with Gasteiger partial charge in [0, 0.05) is 5.02 Å². The number of rotatable bonds is 3. The number of hydrazone groups is 1. The van der Waals surface area contributed by atoms with Crippen LogP contribution in [-0.2, 0) is 0 Å². The average Bonchev–Trinajstić information content (AvgIpc) is 2.23. The van der Waals surface area contributed by atoms with Gasteiger partial charge in [0.05, 0.1) is 10.7 Å². The van der Waals surface area contributed by atoms with Gasteiger partial charge in [-0.05, 0) is 18.2 Å². The van der Waals surface area contributed by atoms with E-state index in [4.69, 9.17) is 34.2 Å². The summed E-state index contributed by atoms with van der Waals surface area (Å²) in [6, 6.07) is 6.56. The fourth-order valence-corrected chi connectivity index (χ4v) is 1.26. The van der Waals surface area contributed by atoms with E-state index in [2.05, 4.69) is 22.7 Å². The van der Waals surface area contributed by atoms with Gasteiger partial charge in [0.2, 0.25) is 0 Å². The first-order valence-electron chi connectivity index (χ1n) is 4.03. The first-order chi connectivity index (χ1) is 7.54. The molecular formula is C9H6Cl2N4S. The van der Waals surface area contributed by atoms with Gasteiger partial charge < -0.3 is 5.73 Å². The second kappa shape index (κ2) is 5.66. The summed E-state index contributed by atoms with van der Waals surface area (Å²) in [6.07, 6.45) is 0. The number of nitriles is 1. The van der Waals surface area contributed by atoms with E-state index in [1.807, 2.05) is 0 Å². The molecule has 7 heteroatoms. The number of thiocarbonyl (C=S) groups is 1. The second-order valence-corrected chi connectivity index (χ2v) is 3.96. The molecule has 1 aromatic rings. The van der Waals surface area contributed by atoms with Crippen LogP contribution in [0.5, 0.6) is 0 Å². The monoisotopic (exact) mass is 272 g/mol. The molecule has 0 unspecified atom stereocenters. The Morgan fingerprint density at radius 3 is 2.75 bits per heavy atom. The summed E-state index contributed by atoms with van der Waals surface area (Å²) < 4.78 is 0. The number of anilines is 1. The number of hydrogen-bond acceptors (Lipinski definition) is 4. The van der Waals surface area contributed by atoms with Gasteiger partial charge in [-0.3, -0.25) is 5.43 Å². The van der Waals surface area contributed by atoms with E-state index in [9.17, 15) is 0 Å². The minimum atomic E-state index is -0.0897. The maximum atomic E-state index is 8.65. The molecule has 82 valence electrons. The lowest BCUT2D eigenvalue weighted by molar-refractivity contribution is 1.34. The third kappa shape index (κ3) is 3.35. The highest BCUT2D eigenvalue weighted by Gasteiger charge is 2.03. The largest absolute Gasteiger partial charge is 0.387 e. The average molecular weight is 273 g/mol. The lowest BCUT2D eigenvalue weighted by atomic mass is 10.3. The second-order valence-electron chi connectivity index (χ2n) is 2.67. The molecule has 3 N–H and O–H groups in total. The molecule has 0 amide bonds. The fraction of sp³-hybridized carbons (Fsp3) is 0. The van der Waals surface area contributed by atoms with Crippen molar-refractivity contribution in [3.63, 3.8) is 0 Å². The molecule has 0 saturated carbocycles. The van der Waals surface area contributed by atoms with Gasteiger partial charge in [-0.25, -0.2) is 0 Å². The van der Waals surface area contributed by atoms with Crippen LogP contribution >= 0.6 is 35.4 Å². The zero-order valence-electron chi connectivity index (χ0n) is 7.87. The molecule has 0 aromatic heterocycles. The topological polar surface area (TPSA) is 74.2 Å². The first-order valence-corrected chi connectivity index (χ1v) is 5.19. The Kier molecular flexibility index (Phi) is 4.50. The summed E-state index contributed by atoms with van der Waals surface area (Å²) in [6.45, 7) is 0. The van der Waals surface area contributed by atoms with E-state index in [-0.39, 0.29) is 10.7 Å². The van der Waals surface area contributed by atoms with E-state index in [0.29, 0.717) is 15.7 Å². The van der Waals surface area contributed by atoms with E-state index in [1.165, 1.54) is 0 Å². The molecule has 4 nitrogen and oxygen atoms in total. The standard InChI is InChI=1S/C9H6Cl2N4S/c10-5-1-2-6(11)7(3-5)14-15-8(4-12)9(13)16/h1-3,14H,(H2,13,16)/b15-8-. The maximum Gasteiger partial charge on any atom is 0.194 e. The molecule has 16 heavy (non-hydrogen) atoms. The smallest absolute Gasteiger partial charge is 0.194 e. The summed E-state index contributed by atoms with van der Waals surface area (Å²) >= 11 is 16.2. The highest BCUT2D eigenvalue weighted by Crippen LogP contribution is 2.25. The van der Waals surface area contributed by atoms with Crippen LogP contribution in [0.1, 0.15) is 0 Å². The van der Waals surface area contributed by atoms with Crippen molar-refractivity contribution in [2.75, 3.05) is 5.43 Å². The van der Waals surface area contributed by atoms with Crippen LogP contribution in [0.15, 0.2) is 23.3 Å². The molecular weight excluding hydrogens is 267 g/mol.